The summed E-state index contributed by atoms with van der Waals surface area (Å²) < 4.78 is 5.99. The topological polar surface area (TPSA) is 64.3 Å². The molecule has 0 saturated carbocycles. The summed E-state index contributed by atoms with van der Waals surface area (Å²) in [5, 5.41) is 13.2. The van der Waals surface area contributed by atoms with Gasteiger partial charge >= 0.3 is 5.97 Å². The molecule has 1 aromatic rings. The van der Waals surface area contributed by atoms with Crippen LogP contribution >= 0.6 is 0 Å². The number of nitrogens with zero attached hydrogens (tertiary/aromatic N) is 2. The third-order valence-electron chi connectivity index (χ3n) is 1.79. The monoisotopic (exact) mass is 184 g/mol. The van der Waals surface area contributed by atoms with Crippen LogP contribution in [0.2, 0.25) is 0 Å². The second-order valence-corrected chi connectivity index (χ2v) is 2.73. The van der Waals surface area contributed by atoms with Gasteiger partial charge in [-0.05, 0) is 6.92 Å². The van der Waals surface area contributed by atoms with Gasteiger partial charge in [-0.2, -0.15) is 5.10 Å². The number of hydrogen-bond donors (Lipinski definition) is 1. The lowest BCUT2D eigenvalue weighted by atomic mass is 10.2. The van der Waals surface area contributed by atoms with Crippen LogP contribution in [-0.4, -0.2) is 28.0 Å². The Kier molecular flexibility index (Phi) is 2.67. The fourth-order valence-corrected chi connectivity index (χ4v) is 1.21. The Hall–Kier alpha value is -1.36. The van der Waals surface area contributed by atoms with Crippen LogP contribution in [0.5, 0.6) is 0 Å². The average molecular weight is 184 g/mol. The van der Waals surface area contributed by atoms with Gasteiger partial charge in [0, 0.05) is 7.05 Å². The number of methoxy groups -OCH3 is 1. The number of esters is 1. The highest BCUT2D eigenvalue weighted by molar-refractivity contribution is 5.90. The molecule has 1 atom stereocenters. The number of carbonyl (C=O) groups excluding carboxylic acids is 1. The van der Waals surface area contributed by atoms with Crippen molar-refractivity contribution in [3.8, 4) is 0 Å². The van der Waals surface area contributed by atoms with Crippen LogP contribution in [0.15, 0.2) is 6.20 Å². The largest absolute Gasteiger partial charge is 0.465 e. The van der Waals surface area contributed by atoms with E-state index in [9.17, 15) is 9.90 Å². The molecular formula is C8H12N2O3. The first-order valence-electron chi connectivity index (χ1n) is 3.86. The van der Waals surface area contributed by atoms with Gasteiger partial charge in [0.1, 0.15) is 5.56 Å². The molecule has 0 saturated heterocycles. The average Bonchev–Trinajstić information content (AvgIpc) is 2.45. The van der Waals surface area contributed by atoms with Crippen LogP contribution < -0.4 is 0 Å². The zero-order chi connectivity index (χ0) is 10.0. The number of aliphatic hydroxyl groups excluding tert-OH is 1. The van der Waals surface area contributed by atoms with E-state index in [1.807, 2.05) is 0 Å². The molecule has 0 radical (unpaired) electrons. The molecule has 0 aliphatic rings. The summed E-state index contributed by atoms with van der Waals surface area (Å²) in [6.07, 6.45) is 0.648. The Morgan fingerprint density at radius 2 is 2.38 bits per heavy atom. The van der Waals surface area contributed by atoms with E-state index in [2.05, 4.69) is 9.84 Å². The normalized spacial score (nSPS) is 12.6. The molecular weight excluding hydrogens is 172 g/mol. The predicted molar refractivity (Wildman–Crippen MR) is 45.2 cm³/mol. The lowest BCUT2D eigenvalue weighted by molar-refractivity contribution is 0.0593. The zero-order valence-electron chi connectivity index (χ0n) is 7.81. The molecule has 0 aromatic carbocycles. The van der Waals surface area contributed by atoms with Gasteiger partial charge in [0.15, 0.2) is 0 Å². The molecule has 5 nitrogen and oxygen atoms in total. The number of aromatic nitrogens is 2. The molecule has 1 N–H and O–H groups in total. The van der Waals surface area contributed by atoms with Gasteiger partial charge in [-0.25, -0.2) is 4.79 Å². The van der Waals surface area contributed by atoms with Gasteiger partial charge in [-0.1, -0.05) is 0 Å². The number of aliphatic hydroxyl groups is 1. The first-order valence-corrected chi connectivity index (χ1v) is 3.86. The van der Waals surface area contributed by atoms with Crippen LogP contribution in [0.1, 0.15) is 29.1 Å². The van der Waals surface area contributed by atoms with Crippen molar-refractivity contribution in [2.45, 2.75) is 13.0 Å². The maximum Gasteiger partial charge on any atom is 0.341 e. The second kappa shape index (κ2) is 3.57. The van der Waals surface area contributed by atoms with E-state index in [4.69, 9.17) is 0 Å². The van der Waals surface area contributed by atoms with Crippen LogP contribution in [0.25, 0.3) is 0 Å². The molecule has 0 amide bonds. The number of rotatable bonds is 2. The molecule has 0 unspecified atom stereocenters. The van der Waals surface area contributed by atoms with Crippen LogP contribution in [0, 0.1) is 0 Å². The molecule has 0 aliphatic heterocycles. The van der Waals surface area contributed by atoms with Crippen molar-refractivity contribution in [3.63, 3.8) is 0 Å². The van der Waals surface area contributed by atoms with Crippen molar-refractivity contribution in [2.24, 2.45) is 7.05 Å². The lowest BCUT2D eigenvalue weighted by Gasteiger charge is -2.06. The van der Waals surface area contributed by atoms with Crippen LogP contribution in [0.4, 0.5) is 0 Å². The Balaban J connectivity index is 3.15. The van der Waals surface area contributed by atoms with Gasteiger partial charge < -0.3 is 9.84 Å². The first kappa shape index (κ1) is 9.73. The van der Waals surface area contributed by atoms with Crippen LogP contribution in [-0.2, 0) is 11.8 Å². The number of ether oxygens (including phenoxy) is 1. The summed E-state index contributed by atoms with van der Waals surface area (Å²) in [5.41, 5.74) is 0.770. The molecule has 1 aromatic heterocycles. The molecule has 72 valence electrons. The summed E-state index contributed by atoms with van der Waals surface area (Å²) in [5.74, 6) is -0.482. The minimum atomic E-state index is -0.735. The smallest absolute Gasteiger partial charge is 0.341 e. The second-order valence-electron chi connectivity index (χ2n) is 2.73. The fourth-order valence-electron chi connectivity index (χ4n) is 1.21. The summed E-state index contributed by atoms with van der Waals surface area (Å²) in [6.45, 7) is 1.57. The fraction of sp³-hybridized carbons (Fsp3) is 0.500. The van der Waals surface area contributed by atoms with Gasteiger partial charge in [-0.15, -0.1) is 0 Å². The highest BCUT2D eigenvalue weighted by Gasteiger charge is 2.19. The molecule has 5 heteroatoms. The summed E-state index contributed by atoms with van der Waals surface area (Å²) in [6, 6.07) is 0. The van der Waals surface area contributed by atoms with Crippen molar-refractivity contribution in [2.75, 3.05) is 7.11 Å². The zero-order valence-corrected chi connectivity index (χ0v) is 7.81. The van der Waals surface area contributed by atoms with Gasteiger partial charge in [0.25, 0.3) is 0 Å². The molecule has 1 heterocycles. The van der Waals surface area contributed by atoms with Crippen molar-refractivity contribution in [3.05, 3.63) is 17.5 Å². The number of hydrogen-bond acceptors (Lipinski definition) is 4. The van der Waals surface area contributed by atoms with Gasteiger partial charge in [0.05, 0.1) is 25.1 Å². The van der Waals surface area contributed by atoms with E-state index >= 15 is 0 Å². The third-order valence-corrected chi connectivity index (χ3v) is 1.79. The maximum absolute atomic E-state index is 11.2. The van der Waals surface area contributed by atoms with E-state index in [1.165, 1.54) is 18.0 Å². The molecule has 0 spiro atoms. The SMILES string of the molecule is COC(=O)c1cnn(C)c1[C@H](C)O. The van der Waals surface area contributed by atoms with Crippen molar-refractivity contribution >= 4 is 5.97 Å². The minimum absolute atomic E-state index is 0.306. The van der Waals surface area contributed by atoms with Gasteiger partial charge in [0.2, 0.25) is 0 Å². The quantitative estimate of drug-likeness (QED) is 0.669. The Morgan fingerprint density at radius 3 is 2.85 bits per heavy atom. The Bertz CT molecular complexity index is 317. The van der Waals surface area contributed by atoms with Crippen LogP contribution in [0.3, 0.4) is 0 Å². The Labute approximate surface area is 75.9 Å². The molecule has 0 bridgehead atoms. The van der Waals surface area contributed by atoms with Crippen molar-refractivity contribution < 1.29 is 14.6 Å². The molecule has 13 heavy (non-hydrogen) atoms. The lowest BCUT2D eigenvalue weighted by Crippen LogP contribution is -2.09. The Morgan fingerprint density at radius 1 is 1.77 bits per heavy atom. The predicted octanol–water partition coefficient (Wildman–Crippen LogP) is 0.260. The maximum atomic E-state index is 11.2. The minimum Gasteiger partial charge on any atom is -0.465 e. The standard InChI is InChI=1S/C8H12N2O3/c1-5(11)7-6(8(12)13-3)4-9-10(7)2/h4-5,11H,1-3H3/t5-/m0/s1. The summed E-state index contributed by atoms with van der Waals surface area (Å²) in [7, 11) is 2.95. The van der Waals surface area contributed by atoms with E-state index < -0.39 is 12.1 Å². The highest BCUT2D eigenvalue weighted by Crippen LogP contribution is 2.16. The number of carbonyl (C=O) groups is 1. The van der Waals surface area contributed by atoms with E-state index in [1.54, 1.807) is 14.0 Å². The highest BCUT2D eigenvalue weighted by atomic mass is 16.5. The summed E-state index contributed by atoms with van der Waals surface area (Å²) in [4.78, 5) is 11.2. The van der Waals surface area contributed by atoms with Gasteiger partial charge in [-0.3, -0.25) is 4.68 Å². The third kappa shape index (κ3) is 1.70. The summed E-state index contributed by atoms with van der Waals surface area (Å²) >= 11 is 0. The van der Waals surface area contributed by atoms with Crippen molar-refractivity contribution in [1.29, 1.82) is 0 Å². The first-order chi connectivity index (χ1) is 6.07. The van der Waals surface area contributed by atoms with E-state index in [-0.39, 0.29) is 0 Å². The van der Waals surface area contributed by atoms with E-state index in [0.717, 1.165) is 0 Å². The van der Waals surface area contributed by atoms with E-state index in [0.29, 0.717) is 11.3 Å². The number of aryl methyl sites for hydroxylation is 1. The molecule has 0 fully saturated rings. The van der Waals surface area contributed by atoms with Crippen molar-refractivity contribution in [1.82, 2.24) is 9.78 Å². The molecule has 0 aliphatic carbocycles. The molecule has 1 rings (SSSR count).